The highest BCUT2D eigenvalue weighted by Crippen LogP contribution is 2.25. The number of carbonyl (C=O) groups excluding carboxylic acids is 1. The molecule has 0 aromatic carbocycles. The zero-order valence-electron chi connectivity index (χ0n) is 12.3. The van der Waals surface area contributed by atoms with Crippen LogP contribution in [0.25, 0.3) is 0 Å². The number of aromatic nitrogens is 2. The van der Waals surface area contributed by atoms with Crippen LogP contribution in [0.1, 0.15) is 42.5 Å². The maximum absolute atomic E-state index is 12.5. The molecule has 0 aliphatic heterocycles. The van der Waals surface area contributed by atoms with Crippen molar-refractivity contribution in [1.29, 1.82) is 0 Å². The number of nitrogens with zero attached hydrogens (tertiary/aromatic N) is 2. The molecule has 1 heterocycles. The average molecular weight is 292 g/mol. The zero-order valence-corrected chi connectivity index (χ0v) is 12.3. The number of ketones is 1. The highest BCUT2D eigenvalue weighted by molar-refractivity contribution is 6.02. The third-order valence-corrected chi connectivity index (χ3v) is 2.70. The van der Waals surface area contributed by atoms with Gasteiger partial charge in [-0.25, -0.2) is 0 Å². The first-order valence-electron chi connectivity index (χ1n) is 6.23. The molecule has 0 atom stereocenters. The van der Waals surface area contributed by atoms with Crippen LogP contribution in [0.3, 0.4) is 0 Å². The molecule has 0 radical (unpaired) electrons. The Morgan fingerprint density at radius 2 is 1.80 bits per heavy atom. The smallest absolute Gasteiger partial charge is 0.374 e. The Balaban J connectivity index is 2.90. The van der Waals surface area contributed by atoms with E-state index >= 15 is 0 Å². The molecule has 4 nitrogen and oxygen atoms in total. The van der Waals surface area contributed by atoms with Crippen LogP contribution in [-0.2, 0) is 11.3 Å². The molecule has 0 N–H and O–H groups in total. The van der Waals surface area contributed by atoms with E-state index in [-0.39, 0.29) is 22.6 Å². The first-order valence-corrected chi connectivity index (χ1v) is 6.23. The molecule has 0 saturated carbocycles. The number of hydrogen-bond donors (Lipinski definition) is 0. The lowest BCUT2D eigenvalue weighted by Crippen LogP contribution is -2.24. The fourth-order valence-corrected chi connectivity index (χ4v) is 1.82. The molecule has 0 aliphatic carbocycles. The van der Waals surface area contributed by atoms with Crippen molar-refractivity contribution < 1.29 is 22.7 Å². The third-order valence-electron chi connectivity index (χ3n) is 2.70. The van der Waals surface area contributed by atoms with E-state index in [1.54, 1.807) is 0 Å². The predicted molar refractivity (Wildman–Crippen MR) is 67.8 cm³/mol. The number of ether oxygens (including phenoxy) is 1. The minimum absolute atomic E-state index is 0.0839. The Hall–Kier alpha value is -1.37. The lowest BCUT2D eigenvalue weighted by Gasteiger charge is -2.19. The molecule has 1 rings (SSSR count). The van der Waals surface area contributed by atoms with Gasteiger partial charge in [0.15, 0.2) is 0 Å². The molecule has 0 unspecified atom stereocenters. The van der Waals surface area contributed by atoms with Gasteiger partial charge in [0, 0.05) is 5.69 Å². The van der Waals surface area contributed by atoms with Gasteiger partial charge in [-0.15, -0.1) is 0 Å². The van der Waals surface area contributed by atoms with Crippen molar-refractivity contribution >= 4 is 5.78 Å². The van der Waals surface area contributed by atoms with E-state index < -0.39 is 12.0 Å². The summed E-state index contributed by atoms with van der Waals surface area (Å²) in [4.78, 5) is 11.3. The van der Waals surface area contributed by atoms with Crippen molar-refractivity contribution in [1.82, 2.24) is 9.78 Å². The molecule has 0 spiro atoms. The number of halogens is 3. The normalized spacial score (nSPS) is 12.8. The van der Waals surface area contributed by atoms with Crippen LogP contribution in [0.15, 0.2) is 0 Å². The Labute approximate surface area is 115 Å². The van der Waals surface area contributed by atoms with Gasteiger partial charge in [0.2, 0.25) is 0 Å². The van der Waals surface area contributed by atoms with Gasteiger partial charge in [-0.05, 0) is 34.6 Å². The molecule has 0 aliphatic rings. The van der Waals surface area contributed by atoms with Crippen LogP contribution < -0.4 is 0 Å². The lowest BCUT2D eigenvalue weighted by molar-refractivity contribution is -0.0886. The van der Waals surface area contributed by atoms with E-state index in [1.807, 2.05) is 20.8 Å². The highest BCUT2D eigenvalue weighted by atomic mass is 19.4. The number of hydrogen-bond acceptors (Lipinski definition) is 3. The monoisotopic (exact) mass is 292 g/mol. The molecule has 114 valence electrons. The molecule has 0 amide bonds. The molecule has 7 heteroatoms. The van der Waals surface area contributed by atoms with E-state index in [0.717, 1.165) is 0 Å². The Morgan fingerprint density at radius 3 is 2.25 bits per heavy atom. The van der Waals surface area contributed by atoms with Gasteiger partial charge in [-0.1, -0.05) is 0 Å². The van der Waals surface area contributed by atoms with Gasteiger partial charge < -0.3 is 4.74 Å². The van der Waals surface area contributed by atoms with Crippen LogP contribution in [0, 0.1) is 13.8 Å². The molecular formula is C13H19F3N2O2. The second-order valence-corrected chi connectivity index (χ2v) is 5.56. The second kappa shape index (κ2) is 5.55. The first-order chi connectivity index (χ1) is 8.93. The number of aryl methyl sites for hydroxylation is 1. The van der Waals surface area contributed by atoms with E-state index in [9.17, 15) is 18.0 Å². The summed E-state index contributed by atoms with van der Waals surface area (Å²) in [5.41, 5.74) is -0.406. The summed E-state index contributed by atoms with van der Waals surface area (Å²) in [6, 6.07) is 0. The number of carbonyl (C=O) groups is 1. The third kappa shape index (κ3) is 4.06. The second-order valence-electron chi connectivity index (χ2n) is 5.56. The van der Waals surface area contributed by atoms with Crippen molar-refractivity contribution in [2.45, 2.75) is 52.9 Å². The van der Waals surface area contributed by atoms with Gasteiger partial charge in [0.25, 0.3) is 5.78 Å². The lowest BCUT2D eigenvalue weighted by atomic mass is 10.1. The Bertz CT molecular complexity index is 499. The summed E-state index contributed by atoms with van der Waals surface area (Å²) in [6.45, 7) is 9.11. The molecule has 1 aromatic rings. The summed E-state index contributed by atoms with van der Waals surface area (Å²) in [7, 11) is 0. The van der Waals surface area contributed by atoms with Gasteiger partial charge in [0.1, 0.15) is 0 Å². The molecule has 20 heavy (non-hydrogen) atoms. The minimum atomic E-state index is -4.88. The van der Waals surface area contributed by atoms with Crippen LogP contribution >= 0.6 is 0 Å². The number of rotatable bonds is 4. The molecule has 1 aromatic heterocycles. The van der Waals surface area contributed by atoms with Crippen LogP contribution in [0.2, 0.25) is 0 Å². The Morgan fingerprint density at radius 1 is 1.25 bits per heavy atom. The van der Waals surface area contributed by atoms with Crippen molar-refractivity contribution in [3.05, 3.63) is 17.0 Å². The standard InChI is InChI=1S/C13H19F3N2O2/c1-8-10(11(19)13(14,15)16)9(2)18(17-8)6-7-20-12(3,4)5/h6-7H2,1-5H3. The van der Waals surface area contributed by atoms with Crippen molar-refractivity contribution in [2.75, 3.05) is 6.61 Å². The van der Waals surface area contributed by atoms with Gasteiger partial charge in [-0.2, -0.15) is 18.3 Å². The Kier molecular flexibility index (Phi) is 4.63. The topological polar surface area (TPSA) is 44.1 Å². The van der Waals surface area contributed by atoms with Gasteiger partial charge >= 0.3 is 6.18 Å². The number of alkyl halides is 3. The molecule has 0 bridgehead atoms. The molecule has 0 saturated heterocycles. The fourth-order valence-electron chi connectivity index (χ4n) is 1.82. The highest BCUT2D eigenvalue weighted by Gasteiger charge is 2.42. The predicted octanol–water partition coefficient (Wildman–Crippen LogP) is 3.06. The summed E-state index contributed by atoms with van der Waals surface area (Å²) < 4.78 is 44.4. The first kappa shape index (κ1) is 16.7. The zero-order chi connectivity index (χ0) is 15.7. The summed E-state index contributed by atoms with van der Waals surface area (Å²) in [6.07, 6.45) is -4.88. The van der Waals surface area contributed by atoms with E-state index in [4.69, 9.17) is 4.74 Å². The molecular weight excluding hydrogens is 273 g/mol. The van der Waals surface area contributed by atoms with E-state index in [2.05, 4.69) is 5.10 Å². The van der Waals surface area contributed by atoms with E-state index in [1.165, 1.54) is 18.5 Å². The quantitative estimate of drug-likeness (QED) is 0.801. The maximum atomic E-state index is 12.5. The van der Waals surface area contributed by atoms with Gasteiger partial charge in [-0.3, -0.25) is 9.48 Å². The maximum Gasteiger partial charge on any atom is 0.455 e. The summed E-state index contributed by atoms with van der Waals surface area (Å²) >= 11 is 0. The van der Waals surface area contributed by atoms with Crippen molar-refractivity contribution in [3.8, 4) is 0 Å². The molecule has 0 fully saturated rings. The summed E-state index contributed by atoms with van der Waals surface area (Å²) in [5.74, 6) is -1.85. The average Bonchev–Trinajstić information content (AvgIpc) is 2.50. The fraction of sp³-hybridized carbons (Fsp3) is 0.692. The largest absolute Gasteiger partial charge is 0.455 e. The minimum Gasteiger partial charge on any atom is -0.374 e. The van der Waals surface area contributed by atoms with Crippen LogP contribution in [0.5, 0.6) is 0 Å². The summed E-state index contributed by atoms with van der Waals surface area (Å²) in [5, 5.41) is 3.98. The van der Waals surface area contributed by atoms with Crippen LogP contribution in [-0.4, -0.2) is 33.9 Å². The van der Waals surface area contributed by atoms with Crippen molar-refractivity contribution in [3.63, 3.8) is 0 Å². The van der Waals surface area contributed by atoms with Gasteiger partial charge in [0.05, 0.1) is 30.0 Å². The van der Waals surface area contributed by atoms with E-state index in [0.29, 0.717) is 13.2 Å². The van der Waals surface area contributed by atoms with Crippen LogP contribution in [0.4, 0.5) is 13.2 Å². The van der Waals surface area contributed by atoms with Crippen molar-refractivity contribution in [2.24, 2.45) is 0 Å². The SMILES string of the molecule is Cc1nn(CCOC(C)(C)C)c(C)c1C(=O)C(F)(F)F. The number of Topliss-reactive ketones (excluding diaryl/α,β-unsaturated/α-hetero) is 1.